The molecule has 0 aliphatic rings. The van der Waals surface area contributed by atoms with Crippen LogP contribution in [-0.4, -0.2) is 0 Å². The van der Waals surface area contributed by atoms with E-state index in [0.717, 1.165) is 5.92 Å². The lowest BCUT2D eigenvalue weighted by Crippen LogP contribution is -1.87. The van der Waals surface area contributed by atoms with Gasteiger partial charge in [0, 0.05) is 0 Å². The second-order valence-electron chi connectivity index (χ2n) is 30.5. The summed E-state index contributed by atoms with van der Waals surface area (Å²) in [6.07, 6.45) is 122. The molecule has 0 spiro atoms. The molecule has 0 rings (SSSR count). The molecule has 0 fully saturated rings. The van der Waals surface area contributed by atoms with E-state index in [1.54, 1.807) is 0 Å². The van der Waals surface area contributed by atoms with Gasteiger partial charge in [-0.2, -0.15) is 0 Å². The summed E-state index contributed by atoms with van der Waals surface area (Å²) in [4.78, 5) is 0. The van der Waals surface area contributed by atoms with Gasteiger partial charge in [-0.25, -0.2) is 0 Å². The second-order valence-corrected chi connectivity index (χ2v) is 30.5. The summed E-state index contributed by atoms with van der Waals surface area (Å²) >= 11 is 0. The third-order valence-electron chi connectivity index (χ3n) is 20.9. The Morgan fingerprint density at radius 1 is 0.105 bits per heavy atom. The van der Waals surface area contributed by atoms with Crippen LogP contribution in [0.3, 0.4) is 0 Å². The van der Waals surface area contributed by atoms with Gasteiger partial charge in [0.15, 0.2) is 0 Å². The van der Waals surface area contributed by atoms with Gasteiger partial charge in [0.05, 0.1) is 0 Å². The van der Waals surface area contributed by atoms with E-state index in [4.69, 9.17) is 0 Å². The van der Waals surface area contributed by atoms with Gasteiger partial charge in [-0.15, -0.1) is 0 Å². The molecule has 0 amide bonds. The Hall–Kier alpha value is 0. The van der Waals surface area contributed by atoms with Gasteiger partial charge in [-0.05, 0) is 5.92 Å². The van der Waals surface area contributed by atoms with Crippen molar-refractivity contribution < 1.29 is 0 Å². The van der Waals surface area contributed by atoms with Gasteiger partial charge in [0.1, 0.15) is 0 Å². The standard InChI is InChI=1S/C86H174/c1-4-5-6-7-8-9-10-11-12-13-14-15-16-17-18-19-20-21-22-23-24-25-26-27-28-29-30-31-32-33-34-35-36-37-38-39-40-41-42-43-44-45-46-47-48-49-50-51-52-53-54-55-56-57-58-59-60-61-62-63-64-65-66-67-68-69-70-71-72-73-74-75-76-77-78-79-80-81-82-83-84-85-86(2)3/h86H,4-85H2,1-3H3. The first-order valence-electron chi connectivity index (χ1n) is 42.8. The zero-order chi connectivity index (χ0) is 61.6. The maximum absolute atomic E-state index is 2.36. The van der Waals surface area contributed by atoms with E-state index < -0.39 is 0 Å². The lowest BCUT2D eigenvalue weighted by atomic mass is 10.0. The molecule has 0 N–H and O–H groups in total. The van der Waals surface area contributed by atoms with Crippen molar-refractivity contribution in [3.63, 3.8) is 0 Å². The summed E-state index contributed by atoms with van der Waals surface area (Å²) in [5.74, 6) is 0.894. The molecule has 0 aliphatic heterocycles. The van der Waals surface area contributed by atoms with Crippen LogP contribution in [0.25, 0.3) is 0 Å². The van der Waals surface area contributed by atoms with Gasteiger partial charge >= 0.3 is 0 Å². The van der Waals surface area contributed by atoms with Crippen LogP contribution in [0.5, 0.6) is 0 Å². The summed E-state index contributed by atoms with van der Waals surface area (Å²) in [7, 11) is 0. The van der Waals surface area contributed by atoms with E-state index in [2.05, 4.69) is 20.8 Å². The minimum atomic E-state index is 0.894. The van der Waals surface area contributed by atoms with E-state index in [1.165, 1.54) is 527 Å². The maximum Gasteiger partial charge on any atom is -0.0471 e. The van der Waals surface area contributed by atoms with E-state index >= 15 is 0 Å². The van der Waals surface area contributed by atoms with Crippen molar-refractivity contribution in [2.45, 2.75) is 547 Å². The third-order valence-corrected chi connectivity index (χ3v) is 20.9. The van der Waals surface area contributed by atoms with Crippen molar-refractivity contribution >= 4 is 0 Å². The average Bonchev–Trinajstić information content (AvgIpc) is 3.51. The quantitative estimate of drug-likeness (QED) is 0.0533. The van der Waals surface area contributed by atoms with Gasteiger partial charge in [-0.1, -0.05) is 547 Å². The average molecular weight is 1210 g/mol. The molecule has 0 saturated heterocycles. The zero-order valence-corrected chi connectivity index (χ0v) is 61.6. The molecule has 0 nitrogen and oxygen atoms in total. The Bertz CT molecular complexity index is 1090. The first-order valence-corrected chi connectivity index (χ1v) is 42.8. The highest BCUT2D eigenvalue weighted by atomic mass is 14.1. The normalized spacial score (nSPS) is 11.9. The molecule has 0 atom stereocenters. The Balaban J connectivity index is 3.08. The summed E-state index contributed by atoms with van der Waals surface area (Å²) in [5.41, 5.74) is 0. The summed E-state index contributed by atoms with van der Waals surface area (Å²) in [6.45, 7) is 7.03. The molecule has 0 aromatic rings. The highest BCUT2D eigenvalue weighted by molar-refractivity contribution is 4.58. The van der Waals surface area contributed by atoms with Gasteiger partial charge in [0.25, 0.3) is 0 Å². The third kappa shape index (κ3) is 84.0. The van der Waals surface area contributed by atoms with Crippen molar-refractivity contribution in [3.8, 4) is 0 Å². The predicted molar refractivity (Wildman–Crippen MR) is 399 cm³/mol. The fourth-order valence-electron chi connectivity index (χ4n) is 14.6. The zero-order valence-electron chi connectivity index (χ0n) is 61.6. The summed E-state index contributed by atoms with van der Waals surface area (Å²) < 4.78 is 0. The number of hydrogen-bond acceptors (Lipinski definition) is 0. The molecule has 518 valence electrons. The predicted octanol–water partition coefficient (Wildman–Crippen LogP) is 33.7. The first kappa shape index (κ1) is 86.0. The molecule has 0 radical (unpaired) electrons. The molecule has 0 aromatic carbocycles. The number of unbranched alkanes of at least 4 members (excludes halogenated alkanes) is 80. The van der Waals surface area contributed by atoms with E-state index in [-0.39, 0.29) is 0 Å². The smallest absolute Gasteiger partial charge is 0.0471 e. The number of hydrogen-bond donors (Lipinski definition) is 0. The van der Waals surface area contributed by atoms with Crippen molar-refractivity contribution in [3.05, 3.63) is 0 Å². The molecule has 0 aromatic heterocycles. The van der Waals surface area contributed by atoms with Crippen LogP contribution in [0, 0.1) is 5.92 Å². The fraction of sp³-hybridized carbons (Fsp3) is 1.00. The molecule has 0 heterocycles. The minimum absolute atomic E-state index is 0.894. The highest BCUT2D eigenvalue weighted by Crippen LogP contribution is 2.22. The Morgan fingerprint density at radius 2 is 0.174 bits per heavy atom. The van der Waals surface area contributed by atoms with Crippen LogP contribution in [0.2, 0.25) is 0 Å². The van der Waals surface area contributed by atoms with Crippen molar-refractivity contribution in [1.29, 1.82) is 0 Å². The molecule has 0 bridgehead atoms. The van der Waals surface area contributed by atoms with Crippen molar-refractivity contribution in [2.75, 3.05) is 0 Å². The second kappa shape index (κ2) is 83.0. The van der Waals surface area contributed by atoms with E-state index in [0.29, 0.717) is 0 Å². The van der Waals surface area contributed by atoms with Crippen LogP contribution in [0.1, 0.15) is 547 Å². The topological polar surface area (TPSA) is 0 Å². The molecule has 0 aliphatic carbocycles. The van der Waals surface area contributed by atoms with Crippen LogP contribution >= 0.6 is 0 Å². The van der Waals surface area contributed by atoms with Gasteiger partial charge in [0.2, 0.25) is 0 Å². The largest absolute Gasteiger partial charge is 0.0654 e. The highest BCUT2D eigenvalue weighted by Gasteiger charge is 2.03. The fourth-order valence-corrected chi connectivity index (χ4v) is 14.6. The molecule has 86 heavy (non-hydrogen) atoms. The Labute approximate surface area is 550 Å². The SMILES string of the molecule is CCCCCCCCCCCCCCCCCCCCCCCCCCCCCCCCCCCCCCCCCCCCCCCCCCCCCCCCCCCCCCCCCCCCCCCCCCCCCCCCCCCC(C)C. The Morgan fingerprint density at radius 3 is 0.244 bits per heavy atom. The summed E-state index contributed by atoms with van der Waals surface area (Å²) in [6, 6.07) is 0. The molecule has 0 saturated carbocycles. The first-order chi connectivity index (χ1) is 42.8. The van der Waals surface area contributed by atoms with Crippen LogP contribution in [0.15, 0.2) is 0 Å². The van der Waals surface area contributed by atoms with Crippen LogP contribution in [-0.2, 0) is 0 Å². The molecule has 0 heteroatoms. The maximum atomic E-state index is 2.36. The molecular weight excluding hydrogens is 1030 g/mol. The minimum Gasteiger partial charge on any atom is -0.0654 e. The van der Waals surface area contributed by atoms with E-state index in [9.17, 15) is 0 Å². The molecular formula is C86H174. The lowest BCUT2D eigenvalue weighted by molar-refractivity contribution is 0.500. The van der Waals surface area contributed by atoms with E-state index in [1.807, 2.05) is 0 Å². The number of rotatable bonds is 82. The van der Waals surface area contributed by atoms with Crippen molar-refractivity contribution in [2.24, 2.45) is 5.92 Å². The molecule has 0 unspecified atom stereocenters. The summed E-state index contributed by atoms with van der Waals surface area (Å²) in [5, 5.41) is 0. The van der Waals surface area contributed by atoms with Crippen LogP contribution in [0.4, 0.5) is 0 Å². The Kier molecular flexibility index (Phi) is 83.0. The van der Waals surface area contributed by atoms with Gasteiger partial charge < -0.3 is 0 Å². The monoisotopic (exact) mass is 1210 g/mol. The van der Waals surface area contributed by atoms with Crippen molar-refractivity contribution in [1.82, 2.24) is 0 Å². The van der Waals surface area contributed by atoms with Gasteiger partial charge in [-0.3, -0.25) is 0 Å². The van der Waals surface area contributed by atoms with Crippen LogP contribution < -0.4 is 0 Å². The lowest BCUT2D eigenvalue weighted by Gasteiger charge is -2.05.